The first-order chi connectivity index (χ1) is 8.06. The molecule has 100 valence electrons. The minimum atomic E-state index is -0.669. The summed E-state index contributed by atoms with van der Waals surface area (Å²) in [6.45, 7) is 7.96. The molecule has 0 aliphatic heterocycles. The molecule has 0 amide bonds. The second kappa shape index (κ2) is 7.00. The van der Waals surface area contributed by atoms with Crippen molar-refractivity contribution in [3.05, 3.63) is 0 Å². The Bertz CT molecular complexity index is 238. The number of hydrogen-bond acceptors (Lipinski definition) is 2. The Hall–Kier alpha value is -0.570. The number of carbonyl (C=O) groups is 1. The first-order valence-corrected chi connectivity index (χ1v) is 7.03. The van der Waals surface area contributed by atoms with Crippen molar-refractivity contribution in [2.45, 2.75) is 71.4 Å². The maximum atomic E-state index is 10.5. The summed E-state index contributed by atoms with van der Waals surface area (Å²) in [5.41, 5.74) is 0. The van der Waals surface area contributed by atoms with E-state index >= 15 is 0 Å². The van der Waals surface area contributed by atoms with Crippen molar-refractivity contribution in [2.75, 3.05) is 6.54 Å². The van der Waals surface area contributed by atoms with E-state index in [-0.39, 0.29) is 0 Å². The Morgan fingerprint density at radius 3 is 2.47 bits per heavy atom. The van der Waals surface area contributed by atoms with Crippen molar-refractivity contribution in [1.29, 1.82) is 0 Å². The van der Waals surface area contributed by atoms with E-state index in [2.05, 4.69) is 25.7 Å². The molecule has 2 unspecified atom stereocenters. The van der Waals surface area contributed by atoms with Crippen LogP contribution in [0.2, 0.25) is 0 Å². The van der Waals surface area contributed by atoms with Crippen molar-refractivity contribution < 1.29 is 9.90 Å². The van der Waals surface area contributed by atoms with Gasteiger partial charge in [-0.15, -0.1) is 0 Å². The van der Waals surface area contributed by atoms with E-state index in [9.17, 15) is 4.79 Å². The van der Waals surface area contributed by atoms with Crippen molar-refractivity contribution in [3.63, 3.8) is 0 Å². The fourth-order valence-corrected chi connectivity index (χ4v) is 2.36. The topological polar surface area (TPSA) is 40.5 Å². The number of aliphatic carboxylic acids is 1. The highest BCUT2D eigenvalue weighted by atomic mass is 16.4. The van der Waals surface area contributed by atoms with Crippen LogP contribution in [0.1, 0.15) is 59.3 Å². The number of unbranched alkanes of at least 4 members (excludes halogenated alkanes) is 1. The predicted molar refractivity (Wildman–Crippen MR) is 70.1 cm³/mol. The third-order valence-corrected chi connectivity index (χ3v) is 4.06. The average Bonchev–Trinajstić information content (AvgIpc) is 3.11. The highest BCUT2D eigenvalue weighted by molar-refractivity contribution is 5.66. The molecule has 0 heterocycles. The van der Waals surface area contributed by atoms with E-state index < -0.39 is 5.97 Å². The Balaban J connectivity index is 2.30. The second-order valence-electron chi connectivity index (χ2n) is 5.45. The van der Waals surface area contributed by atoms with Gasteiger partial charge in [-0.25, -0.2) is 0 Å². The average molecular weight is 241 g/mol. The number of hydrogen-bond donors (Lipinski definition) is 1. The molecule has 1 aliphatic carbocycles. The first kappa shape index (κ1) is 14.5. The van der Waals surface area contributed by atoms with Crippen molar-refractivity contribution in [1.82, 2.24) is 4.90 Å². The molecule has 0 aromatic rings. The van der Waals surface area contributed by atoms with Gasteiger partial charge in [0.2, 0.25) is 0 Å². The fourth-order valence-electron chi connectivity index (χ4n) is 2.36. The Morgan fingerprint density at radius 2 is 2.00 bits per heavy atom. The lowest BCUT2D eigenvalue weighted by Crippen LogP contribution is -2.39. The van der Waals surface area contributed by atoms with Crippen molar-refractivity contribution in [2.24, 2.45) is 5.92 Å². The molecule has 0 aromatic carbocycles. The van der Waals surface area contributed by atoms with Crippen LogP contribution in [0.25, 0.3) is 0 Å². The Labute approximate surface area is 105 Å². The van der Waals surface area contributed by atoms with Crippen LogP contribution >= 0.6 is 0 Å². The lowest BCUT2D eigenvalue weighted by atomic mass is 9.98. The van der Waals surface area contributed by atoms with Crippen LogP contribution in [0.15, 0.2) is 0 Å². The number of rotatable bonds is 9. The fraction of sp³-hybridized carbons (Fsp3) is 0.929. The van der Waals surface area contributed by atoms with Crippen LogP contribution in [0.5, 0.6) is 0 Å². The normalized spacial score (nSPS) is 19.3. The summed E-state index contributed by atoms with van der Waals surface area (Å²) in [5.74, 6) is 0.0630. The van der Waals surface area contributed by atoms with Crippen LogP contribution in [0, 0.1) is 5.92 Å². The first-order valence-electron chi connectivity index (χ1n) is 7.03. The zero-order valence-corrected chi connectivity index (χ0v) is 11.5. The van der Waals surface area contributed by atoms with E-state index in [0.29, 0.717) is 12.5 Å². The molecule has 0 spiro atoms. The van der Waals surface area contributed by atoms with E-state index in [1.165, 1.54) is 19.3 Å². The molecule has 1 rings (SSSR count). The van der Waals surface area contributed by atoms with Gasteiger partial charge in [0.25, 0.3) is 0 Å². The summed E-state index contributed by atoms with van der Waals surface area (Å²) >= 11 is 0. The van der Waals surface area contributed by atoms with Crippen LogP contribution in [0.4, 0.5) is 0 Å². The van der Waals surface area contributed by atoms with Crippen molar-refractivity contribution >= 4 is 5.97 Å². The predicted octanol–water partition coefficient (Wildman–Crippen LogP) is 3.14. The molecule has 1 saturated carbocycles. The van der Waals surface area contributed by atoms with Crippen LogP contribution < -0.4 is 0 Å². The monoisotopic (exact) mass is 241 g/mol. The van der Waals surface area contributed by atoms with Gasteiger partial charge in [-0.05, 0) is 45.1 Å². The molecule has 1 fully saturated rings. The van der Waals surface area contributed by atoms with Gasteiger partial charge in [0.05, 0.1) is 0 Å². The van der Waals surface area contributed by atoms with Gasteiger partial charge in [0.15, 0.2) is 0 Å². The molecule has 3 nitrogen and oxygen atoms in total. The molecule has 0 aromatic heterocycles. The minimum Gasteiger partial charge on any atom is -0.481 e. The molecule has 3 heteroatoms. The van der Waals surface area contributed by atoms with Gasteiger partial charge < -0.3 is 5.11 Å². The lowest BCUT2D eigenvalue weighted by Gasteiger charge is -2.33. The van der Waals surface area contributed by atoms with E-state index in [1.807, 2.05) is 0 Å². The smallest absolute Gasteiger partial charge is 0.303 e. The molecule has 1 N–H and O–H groups in total. The maximum Gasteiger partial charge on any atom is 0.303 e. The number of carboxylic acid groups (broad SMARTS) is 1. The van der Waals surface area contributed by atoms with E-state index in [0.717, 1.165) is 31.3 Å². The minimum absolute atomic E-state index is 0.316. The largest absolute Gasteiger partial charge is 0.481 e. The van der Waals surface area contributed by atoms with Gasteiger partial charge in [-0.3, -0.25) is 9.69 Å². The molecular formula is C14H27NO2. The Morgan fingerprint density at radius 1 is 1.35 bits per heavy atom. The number of carboxylic acids is 1. The quantitative estimate of drug-likeness (QED) is 0.630. The highest BCUT2D eigenvalue weighted by Gasteiger charge is 2.33. The van der Waals surface area contributed by atoms with Crippen LogP contribution in [-0.2, 0) is 4.79 Å². The van der Waals surface area contributed by atoms with Gasteiger partial charge in [-0.2, -0.15) is 0 Å². The van der Waals surface area contributed by atoms with E-state index in [1.54, 1.807) is 0 Å². The standard InChI is InChI=1S/C14H27NO2/c1-4-11(2)12(3)15(13-8-9-13)10-6-5-7-14(16)17/h11-13H,4-10H2,1-3H3,(H,16,17). The summed E-state index contributed by atoms with van der Waals surface area (Å²) < 4.78 is 0. The third-order valence-electron chi connectivity index (χ3n) is 4.06. The van der Waals surface area contributed by atoms with Crippen LogP contribution in [-0.4, -0.2) is 34.6 Å². The van der Waals surface area contributed by atoms with Gasteiger partial charge in [-0.1, -0.05) is 20.3 Å². The highest BCUT2D eigenvalue weighted by Crippen LogP contribution is 2.31. The van der Waals surface area contributed by atoms with Crippen molar-refractivity contribution in [3.8, 4) is 0 Å². The van der Waals surface area contributed by atoms with E-state index in [4.69, 9.17) is 5.11 Å². The number of nitrogens with zero attached hydrogens (tertiary/aromatic N) is 1. The van der Waals surface area contributed by atoms with Crippen LogP contribution in [0.3, 0.4) is 0 Å². The third kappa shape index (κ3) is 5.07. The molecular weight excluding hydrogens is 214 g/mol. The zero-order chi connectivity index (χ0) is 12.8. The summed E-state index contributed by atoms with van der Waals surface area (Å²) in [4.78, 5) is 13.1. The molecule has 0 radical (unpaired) electrons. The molecule has 17 heavy (non-hydrogen) atoms. The van der Waals surface area contributed by atoms with Gasteiger partial charge in [0, 0.05) is 18.5 Å². The SMILES string of the molecule is CCC(C)C(C)N(CCCCC(=O)O)C1CC1. The lowest BCUT2D eigenvalue weighted by molar-refractivity contribution is -0.137. The van der Waals surface area contributed by atoms with Gasteiger partial charge in [0.1, 0.15) is 0 Å². The maximum absolute atomic E-state index is 10.5. The van der Waals surface area contributed by atoms with Gasteiger partial charge >= 0.3 is 5.97 Å². The molecule has 0 saturated heterocycles. The molecule has 2 atom stereocenters. The summed E-state index contributed by atoms with van der Waals surface area (Å²) in [5, 5.41) is 8.62. The zero-order valence-electron chi connectivity index (χ0n) is 11.5. The molecule has 1 aliphatic rings. The summed E-state index contributed by atoms with van der Waals surface area (Å²) in [6, 6.07) is 1.42. The second-order valence-corrected chi connectivity index (χ2v) is 5.45. The molecule has 0 bridgehead atoms. The Kier molecular flexibility index (Phi) is 5.96. The summed E-state index contributed by atoms with van der Waals surface area (Å²) in [7, 11) is 0. The summed E-state index contributed by atoms with van der Waals surface area (Å²) in [6.07, 6.45) is 6.03.